The van der Waals surface area contributed by atoms with Crippen LogP contribution in [-0.4, -0.2) is 27.1 Å². The van der Waals surface area contributed by atoms with Gasteiger partial charge in [-0.2, -0.15) is 0 Å². The average molecular weight is 453 g/mol. The van der Waals surface area contributed by atoms with Gasteiger partial charge in [-0.1, -0.05) is 60.7 Å². The molecule has 3 N–H and O–H groups in total. The highest BCUT2D eigenvalue weighted by molar-refractivity contribution is 5.89. The Morgan fingerprint density at radius 2 is 1.59 bits per heavy atom. The van der Waals surface area contributed by atoms with Gasteiger partial charge in [-0.25, -0.2) is 4.68 Å². The fourth-order valence-corrected chi connectivity index (χ4v) is 4.64. The Morgan fingerprint density at radius 1 is 0.853 bits per heavy atom. The molecule has 34 heavy (non-hydrogen) atoms. The van der Waals surface area contributed by atoms with E-state index in [1.165, 1.54) is 11.8 Å². The smallest absolute Gasteiger partial charge is 0.275 e. The van der Waals surface area contributed by atoms with Gasteiger partial charge < -0.3 is 14.9 Å². The van der Waals surface area contributed by atoms with E-state index in [4.69, 9.17) is 4.74 Å². The molecule has 0 saturated carbocycles. The van der Waals surface area contributed by atoms with E-state index >= 15 is 0 Å². The van der Waals surface area contributed by atoms with Gasteiger partial charge in [0.2, 0.25) is 0 Å². The van der Waals surface area contributed by atoms with Crippen molar-refractivity contribution in [2.75, 3.05) is 7.11 Å². The first kappa shape index (κ1) is 21.4. The molecule has 170 valence electrons. The van der Waals surface area contributed by atoms with Gasteiger partial charge in [-0.3, -0.25) is 9.89 Å². The van der Waals surface area contributed by atoms with Gasteiger partial charge in [-0.15, -0.1) is 0 Å². The summed E-state index contributed by atoms with van der Waals surface area (Å²) in [5.74, 6) is -0.500. The Balaban J connectivity index is 1.87. The molecule has 0 bridgehead atoms. The van der Waals surface area contributed by atoms with Crippen LogP contribution in [0.15, 0.2) is 89.7 Å². The SMILES string of the molecule is COc1cccc(C(c2c(C)[nH]n(-c3ccccc3)c2=O)c2c(O)ccc3ccccc23)c1O. The maximum absolute atomic E-state index is 13.8. The Bertz CT molecular complexity index is 1550. The summed E-state index contributed by atoms with van der Waals surface area (Å²) >= 11 is 0. The molecule has 1 aromatic heterocycles. The Labute approximate surface area is 196 Å². The van der Waals surface area contributed by atoms with Crippen LogP contribution < -0.4 is 10.3 Å². The highest BCUT2D eigenvalue weighted by Crippen LogP contribution is 2.45. The number of ether oxygens (including phenoxy) is 1. The van der Waals surface area contributed by atoms with Crippen LogP contribution >= 0.6 is 0 Å². The fourth-order valence-electron chi connectivity index (χ4n) is 4.64. The minimum Gasteiger partial charge on any atom is -0.508 e. The number of aryl methyl sites for hydroxylation is 1. The van der Waals surface area contributed by atoms with Gasteiger partial charge >= 0.3 is 0 Å². The Morgan fingerprint density at radius 3 is 2.35 bits per heavy atom. The summed E-state index contributed by atoms with van der Waals surface area (Å²) in [6.45, 7) is 1.82. The minimum atomic E-state index is -0.755. The zero-order valence-electron chi connectivity index (χ0n) is 18.8. The maximum atomic E-state index is 13.8. The van der Waals surface area contributed by atoms with Crippen molar-refractivity contribution < 1.29 is 14.9 Å². The van der Waals surface area contributed by atoms with E-state index in [1.54, 1.807) is 24.3 Å². The third-order valence-corrected chi connectivity index (χ3v) is 6.22. The van der Waals surface area contributed by atoms with Crippen molar-refractivity contribution in [2.45, 2.75) is 12.8 Å². The van der Waals surface area contributed by atoms with E-state index in [-0.39, 0.29) is 17.1 Å². The van der Waals surface area contributed by atoms with Gasteiger partial charge in [0.25, 0.3) is 5.56 Å². The first-order valence-corrected chi connectivity index (χ1v) is 10.9. The van der Waals surface area contributed by atoms with E-state index in [0.717, 1.165) is 10.8 Å². The number of fused-ring (bicyclic) bond motifs is 1. The van der Waals surface area contributed by atoms with E-state index in [0.29, 0.717) is 33.8 Å². The zero-order valence-corrected chi connectivity index (χ0v) is 18.8. The number of hydrogen-bond donors (Lipinski definition) is 3. The lowest BCUT2D eigenvalue weighted by molar-refractivity contribution is 0.370. The number of nitrogens with one attached hydrogen (secondary N) is 1. The molecule has 1 unspecified atom stereocenters. The third-order valence-electron chi connectivity index (χ3n) is 6.22. The molecule has 0 aliphatic rings. The standard InChI is InChI=1S/C28H24N2O4/c1-17-24(28(33)30(29-17)19-10-4-3-5-11-19)26(21-13-8-14-23(34-2)27(21)32)25-20-12-7-6-9-18(20)15-16-22(25)31/h3-16,26,29,31-32H,1-2H3. The van der Waals surface area contributed by atoms with Gasteiger partial charge in [-0.05, 0) is 42.0 Å². The average Bonchev–Trinajstić information content (AvgIpc) is 3.16. The number of phenols is 2. The van der Waals surface area contributed by atoms with Crippen LogP contribution in [0.1, 0.15) is 28.3 Å². The number of H-pyrrole nitrogens is 1. The number of aromatic amines is 1. The second-order valence-corrected chi connectivity index (χ2v) is 8.18. The minimum absolute atomic E-state index is 0.0391. The van der Waals surface area contributed by atoms with Gasteiger partial charge in [0.1, 0.15) is 5.75 Å². The second kappa shape index (κ2) is 8.48. The number of aromatic hydroxyl groups is 2. The van der Waals surface area contributed by atoms with E-state index in [9.17, 15) is 15.0 Å². The van der Waals surface area contributed by atoms with Crippen LogP contribution in [0.25, 0.3) is 16.5 Å². The fraction of sp³-hybridized carbons (Fsp3) is 0.107. The topological polar surface area (TPSA) is 87.5 Å². The van der Waals surface area contributed by atoms with Crippen LogP contribution in [0.5, 0.6) is 17.2 Å². The summed E-state index contributed by atoms with van der Waals surface area (Å²) in [6.07, 6.45) is 0. The molecule has 0 saturated heterocycles. The molecule has 0 aliphatic heterocycles. The van der Waals surface area contributed by atoms with Crippen molar-refractivity contribution in [3.63, 3.8) is 0 Å². The quantitative estimate of drug-likeness (QED) is 0.341. The van der Waals surface area contributed by atoms with E-state index in [1.807, 2.05) is 67.6 Å². The predicted molar refractivity (Wildman–Crippen MR) is 132 cm³/mol. The van der Waals surface area contributed by atoms with Crippen LogP contribution in [0.4, 0.5) is 0 Å². The molecule has 1 atom stereocenters. The number of rotatable bonds is 5. The highest BCUT2D eigenvalue weighted by Gasteiger charge is 2.31. The summed E-state index contributed by atoms with van der Waals surface area (Å²) in [5.41, 5.74) is 2.50. The molecule has 6 heteroatoms. The van der Waals surface area contributed by atoms with Crippen molar-refractivity contribution in [3.05, 3.63) is 118 Å². The first-order chi connectivity index (χ1) is 16.5. The zero-order chi connectivity index (χ0) is 23.8. The molecular formula is C28H24N2O4. The molecule has 0 fully saturated rings. The molecule has 5 aromatic rings. The van der Waals surface area contributed by atoms with Gasteiger partial charge in [0, 0.05) is 22.7 Å². The lowest BCUT2D eigenvalue weighted by atomic mass is 9.81. The Hall–Kier alpha value is -4.45. The molecule has 4 aromatic carbocycles. The Kier molecular flexibility index (Phi) is 5.34. The first-order valence-electron chi connectivity index (χ1n) is 10.9. The summed E-state index contributed by atoms with van der Waals surface area (Å²) in [7, 11) is 1.48. The number of aromatic nitrogens is 2. The van der Waals surface area contributed by atoms with Gasteiger partial charge in [0.15, 0.2) is 11.5 Å². The molecule has 1 heterocycles. The van der Waals surface area contributed by atoms with Crippen molar-refractivity contribution in [2.24, 2.45) is 0 Å². The van der Waals surface area contributed by atoms with Crippen LogP contribution in [0, 0.1) is 6.92 Å². The lowest BCUT2D eigenvalue weighted by Crippen LogP contribution is -2.21. The second-order valence-electron chi connectivity index (χ2n) is 8.18. The van der Waals surface area contributed by atoms with Crippen molar-refractivity contribution in [3.8, 4) is 22.9 Å². The van der Waals surface area contributed by atoms with E-state index in [2.05, 4.69) is 5.10 Å². The number of para-hydroxylation sites is 2. The largest absolute Gasteiger partial charge is 0.508 e. The normalized spacial score (nSPS) is 12.1. The predicted octanol–water partition coefficient (Wildman–Crippen LogP) is 5.23. The molecule has 0 spiro atoms. The summed E-state index contributed by atoms with van der Waals surface area (Å²) < 4.78 is 6.84. The lowest BCUT2D eigenvalue weighted by Gasteiger charge is -2.22. The highest BCUT2D eigenvalue weighted by atomic mass is 16.5. The molecule has 6 nitrogen and oxygen atoms in total. The van der Waals surface area contributed by atoms with E-state index < -0.39 is 5.92 Å². The summed E-state index contributed by atoms with van der Waals surface area (Å²) in [4.78, 5) is 13.8. The van der Waals surface area contributed by atoms with Crippen molar-refractivity contribution >= 4 is 10.8 Å². The molecule has 5 rings (SSSR count). The number of phenolic OH excluding ortho intramolecular Hbond substituents is 2. The molecule has 0 radical (unpaired) electrons. The van der Waals surface area contributed by atoms with Crippen molar-refractivity contribution in [1.82, 2.24) is 9.78 Å². The third kappa shape index (κ3) is 3.40. The number of hydrogen-bond acceptors (Lipinski definition) is 4. The maximum Gasteiger partial charge on any atom is 0.275 e. The molecule has 0 aliphatic carbocycles. The number of nitrogens with zero attached hydrogens (tertiary/aromatic N) is 1. The van der Waals surface area contributed by atoms with Crippen molar-refractivity contribution in [1.29, 1.82) is 0 Å². The number of methoxy groups -OCH3 is 1. The molecule has 0 amide bonds. The van der Waals surface area contributed by atoms with Gasteiger partial charge in [0.05, 0.1) is 18.4 Å². The number of benzene rings is 4. The summed E-state index contributed by atoms with van der Waals surface area (Å²) in [6, 6.07) is 25.6. The van der Waals surface area contributed by atoms with Crippen LogP contribution in [0.3, 0.4) is 0 Å². The monoisotopic (exact) mass is 452 g/mol. The van der Waals surface area contributed by atoms with Crippen LogP contribution in [0.2, 0.25) is 0 Å². The summed E-state index contributed by atoms with van der Waals surface area (Å²) in [5, 5.41) is 27.1. The van der Waals surface area contributed by atoms with Crippen LogP contribution in [-0.2, 0) is 0 Å². The molecular weight excluding hydrogens is 428 g/mol.